The minimum Gasteiger partial charge on any atom is -0.497 e. The van der Waals surface area contributed by atoms with E-state index in [2.05, 4.69) is 4.98 Å². The van der Waals surface area contributed by atoms with E-state index in [0.717, 1.165) is 10.9 Å². The lowest BCUT2D eigenvalue weighted by molar-refractivity contribution is -0.149. The topological polar surface area (TPSA) is 106 Å². The first-order valence-corrected chi connectivity index (χ1v) is 11.8. The van der Waals surface area contributed by atoms with Gasteiger partial charge in [0.25, 0.3) is 0 Å². The highest BCUT2D eigenvalue weighted by Crippen LogP contribution is 2.34. The Morgan fingerprint density at radius 2 is 1.97 bits per heavy atom. The smallest absolute Gasteiger partial charge is 0.310 e. The standard InChI is InChI=1S/C28H29FN2O6/c1-17(15-33-2)37-26(32)12-19-4-5-21(34-3)13-25(19)36-16-18-10-20-7-9-35-28(20)23(11-18)22-6-8-31-24(14-30)27(22)29/h4-11,13,17H,12,14-16,30H2,1-3H3. The first-order chi connectivity index (χ1) is 17.9. The number of benzene rings is 2. The molecule has 8 nitrogen and oxygen atoms in total. The van der Waals surface area contributed by atoms with Crippen LogP contribution in [0.25, 0.3) is 22.1 Å². The second kappa shape index (κ2) is 11.9. The molecule has 0 aliphatic heterocycles. The molecule has 2 aromatic heterocycles. The number of fused-ring (bicyclic) bond motifs is 1. The molecule has 0 fully saturated rings. The molecule has 0 amide bonds. The maximum absolute atomic E-state index is 15.1. The summed E-state index contributed by atoms with van der Waals surface area (Å²) in [4.78, 5) is 16.5. The summed E-state index contributed by atoms with van der Waals surface area (Å²) in [7, 11) is 3.10. The highest BCUT2D eigenvalue weighted by Gasteiger charge is 2.18. The lowest BCUT2D eigenvalue weighted by Gasteiger charge is -2.16. The molecule has 194 valence electrons. The Bertz CT molecular complexity index is 1390. The fourth-order valence-corrected chi connectivity index (χ4v) is 4.06. The molecule has 37 heavy (non-hydrogen) atoms. The second-order valence-corrected chi connectivity index (χ2v) is 8.50. The van der Waals surface area contributed by atoms with Crippen molar-refractivity contribution in [1.29, 1.82) is 0 Å². The van der Waals surface area contributed by atoms with Gasteiger partial charge >= 0.3 is 5.97 Å². The minimum atomic E-state index is -0.489. The number of aromatic nitrogens is 1. The molecule has 9 heteroatoms. The van der Waals surface area contributed by atoms with E-state index in [0.29, 0.717) is 40.4 Å². The van der Waals surface area contributed by atoms with Crippen molar-refractivity contribution in [2.75, 3.05) is 20.8 Å². The summed E-state index contributed by atoms with van der Waals surface area (Å²) in [5, 5.41) is 0.795. The number of ether oxygens (including phenoxy) is 4. The molecule has 0 bridgehead atoms. The molecular formula is C28H29FN2O6. The van der Waals surface area contributed by atoms with Gasteiger partial charge in [-0.2, -0.15) is 0 Å². The number of esters is 1. The predicted octanol–water partition coefficient (Wildman–Crippen LogP) is 4.80. The van der Waals surface area contributed by atoms with Gasteiger partial charge in [-0.15, -0.1) is 0 Å². The Morgan fingerprint density at radius 1 is 1.14 bits per heavy atom. The first-order valence-electron chi connectivity index (χ1n) is 11.8. The molecular weight excluding hydrogens is 479 g/mol. The predicted molar refractivity (Wildman–Crippen MR) is 136 cm³/mol. The summed E-state index contributed by atoms with van der Waals surface area (Å²) in [5.41, 5.74) is 8.70. The van der Waals surface area contributed by atoms with Crippen LogP contribution in [0.5, 0.6) is 11.5 Å². The van der Waals surface area contributed by atoms with Gasteiger partial charge in [0.2, 0.25) is 0 Å². The number of furan rings is 1. The molecule has 4 rings (SSSR count). The molecule has 0 aliphatic carbocycles. The Morgan fingerprint density at radius 3 is 2.73 bits per heavy atom. The number of nitrogens with two attached hydrogens (primary N) is 1. The second-order valence-electron chi connectivity index (χ2n) is 8.50. The molecule has 1 unspecified atom stereocenters. The van der Waals surface area contributed by atoms with Crippen LogP contribution < -0.4 is 15.2 Å². The lowest BCUT2D eigenvalue weighted by atomic mass is 10.00. The summed E-state index contributed by atoms with van der Waals surface area (Å²) < 4.78 is 42.6. The molecule has 0 saturated heterocycles. The van der Waals surface area contributed by atoms with Crippen molar-refractivity contribution in [2.24, 2.45) is 5.73 Å². The zero-order valence-electron chi connectivity index (χ0n) is 21.0. The number of methoxy groups -OCH3 is 2. The number of nitrogens with zero attached hydrogens (tertiary/aromatic N) is 1. The number of carbonyl (C=O) groups is 1. The SMILES string of the molecule is COCC(C)OC(=O)Cc1ccc(OC)cc1OCc1cc(-c2ccnc(CN)c2F)c2occc2c1. The molecule has 1 atom stereocenters. The third kappa shape index (κ3) is 6.07. The summed E-state index contributed by atoms with van der Waals surface area (Å²) in [5.74, 6) is 0.173. The molecule has 0 spiro atoms. The van der Waals surface area contributed by atoms with E-state index < -0.39 is 11.8 Å². The number of carbonyl (C=O) groups excluding carboxylic acids is 1. The molecule has 2 N–H and O–H groups in total. The third-order valence-electron chi connectivity index (χ3n) is 5.79. The van der Waals surface area contributed by atoms with Crippen molar-refractivity contribution in [1.82, 2.24) is 4.98 Å². The van der Waals surface area contributed by atoms with Crippen LogP contribution in [0.1, 0.15) is 23.7 Å². The van der Waals surface area contributed by atoms with Gasteiger partial charge in [0, 0.05) is 48.0 Å². The minimum absolute atomic E-state index is 0.0174. The van der Waals surface area contributed by atoms with Crippen LogP contribution in [0.4, 0.5) is 4.39 Å². The quantitative estimate of drug-likeness (QED) is 0.288. The van der Waals surface area contributed by atoms with Crippen molar-refractivity contribution in [3.63, 3.8) is 0 Å². The summed E-state index contributed by atoms with van der Waals surface area (Å²) in [6.07, 6.45) is 2.73. The van der Waals surface area contributed by atoms with Crippen LogP contribution in [0.2, 0.25) is 0 Å². The number of pyridine rings is 1. The van der Waals surface area contributed by atoms with Crippen molar-refractivity contribution >= 4 is 16.9 Å². The van der Waals surface area contributed by atoms with Gasteiger partial charge in [-0.1, -0.05) is 6.07 Å². The van der Waals surface area contributed by atoms with Crippen LogP contribution >= 0.6 is 0 Å². The van der Waals surface area contributed by atoms with Crippen LogP contribution in [0.3, 0.4) is 0 Å². The van der Waals surface area contributed by atoms with Crippen LogP contribution in [-0.4, -0.2) is 37.9 Å². The highest BCUT2D eigenvalue weighted by molar-refractivity contribution is 5.93. The van der Waals surface area contributed by atoms with Crippen LogP contribution in [0, 0.1) is 5.82 Å². The lowest BCUT2D eigenvalue weighted by Crippen LogP contribution is -2.21. The average molecular weight is 509 g/mol. The Kier molecular flexibility index (Phi) is 8.37. The van der Waals surface area contributed by atoms with Crippen molar-refractivity contribution in [3.05, 3.63) is 77.6 Å². The molecule has 0 saturated carbocycles. The Hall–Kier alpha value is -3.95. The van der Waals surface area contributed by atoms with E-state index in [1.165, 1.54) is 6.20 Å². The Labute approximate surface area is 214 Å². The van der Waals surface area contributed by atoms with Gasteiger partial charge in [-0.05, 0) is 42.8 Å². The Balaban J connectivity index is 1.61. The normalized spacial score (nSPS) is 11.9. The zero-order valence-corrected chi connectivity index (χ0v) is 21.0. The fourth-order valence-electron chi connectivity index (χ4n) is 4.06. The van der Waals surface area contributed by atoms with E-state index in [1.807, 2.05) is 12.1 Å². The van der Waals surface area contributed by atoms with Gasteiger partial charge in [-0.25, -0.2) is 4.39 Å². The van der Waals surface area contributed by atoms with Gasteiger partial charge in [-0.3, -0.25) is 9.78 Å². The van der Waals surface area contributed by atoms with E-state index in [-0.39, 0.29) is 31.4 Å². The van der Waals surface area contributed by atoms with Crippen LogP contribution in [-0.2, 0) is 33.8 Å². The number of hydrogen-bond acceptors (Lipinski definition) is 8. The molecule has 2 aromatic carbocycles. The van der Waals surface area contributed by atoms with E-state index in [9.17, 15) is 4.79 Å². The fraction of sp³-hybridized carbons (Fsp3) is 0.286. The maximum Gasteiger partial charge on any atom is 0.310 e. The molecule has 0 aliphatic rings. The monoisotopic (exact) mass is 508 g/mol. The molecule has 0 radical (unpaired) electrons. The van der Waals surface area contributed by atoms with Crippen molar-refractivity contribution in [2.45, 2.75) is 32.6 Å². The van der Waals surface area contributed by atoms with E-state index >= 15 is 4.39 Å². The number of hydrogen-bond donors (Lipinski definition) is 1. The maximum atomic E-state index is 15.1. The van der Waals surface area contributed by atoms with Crippen LogP contribution in [0.15, 0.2) is 59.3 Å². The van der Waals surface area contributed by atoms with E-state index in [4.69, 9.17) is 29.1 Å². The van der Waals surface area contributed by atoms with E-state index in [1.54, 1.807) is 57.7 Å². The average Bonchev–Trinajstić information content (AvgIpc) is 3.36. The number of rotatable bonds is 11. The summed E-state index contributed by atoms with van der Waals surface area (Å²) in [6.45, 7) is 2.20. The van der Waals surface area contributed by atoms with Gasteiger partial charge in [0.05, 0.1) is 32.1 Å². The third-order valence-corrected chi connectivity index (χ3v) is 5.79. The van der Waals surface area contributed by atoms with Crippen molar-refractivity contribution < 1.29 is 32.5 Å². The van der Waals surface area contributed by atoms with Gasteiger partial charge in [0.15, 0.2) is 5.82 Å². The first kappa shape index (κ1) is 26.1. The van der Waals surface area contributed by atoms with Gasteiger partial charge < -0.3 is 29.1 Å². The van der Waals surface area contributed by atoms with Gasteiger partial charge in [0.1, 0.15) is 29.8 Å². The summed E-state index contributed by atoms with van der Waals surface area (Å²) in [6, 6.07) is 12.4. The largest absolute Gasteiger partial charge is 0.497 e. The highest BCUT2D eigenvalue weighted by atomic mass is 19.1. The molecule has 2 heterocycles. The van der Waals surface area contributed by atoms with Crippen molar-refractivity contribution in [3.8, 4) is 22.6 Å². The number of halogens is 1. The summed E-state index contributed by atoms with van der Waals surface area (Å²) >= 11 is 0. The molecule has 4 aromatic rings. The zero-order chi connectivity index (χ0) is 26.4.